The van der Waals surface area contributed by atoms with Crippen LogP contribution in [0, 0.1) is 25.2 Å². The Hall–Kier alpha value is -2.58. The van der Waals surface area contributed by atoms with Crippen molar-refractivity contribution in [3.63, 3.8) is 0 Å². The zero-order chi connectivity index (χ0) is 15.1. The minimum absolute atomic E-state index is 0.0991. The number of aromatic nitrogens is 3. The molecule has 106 valence electrons. The number of nitrogens with zero attached hydrogens (tertiary/aromatic N) is 4. The maximum atomic E-state index is 9.35. The number of imidazole rings is 1. The van der Waals surface area contributed by atoms with Crippen molar-refractivity contribution < 1.29 is 5.11 Å². The summed E-state index contributed by atoms with van der Waals surface area (Å²) in [6.07, 6.45) is 0. The molecule has 3 aromatic rings. The molecule has 0 aliphatic carbocycles. The van der Waals surface area contributed by atoms with Crippen LogP contribution in [0.15, 0.2) is 24.3 Å². The molecule has 3 rings (SSSR count). The zero-order valence-electron chi connectivity index (χ0n) is 12.3. The van der Waals surface area contributed by atoms with Crippen molar-refractivity contribution in [2.45, 2.75) is 20.5 Å². The van der Waals surface area contributed by atoms with Crippen LogP contribution in [0.3, 0.4) is 0 Å². The van der Waals surface area contributed by atoms with Gasteiger partial charge < -0.3 is 9.67 Å². The fourth-order valence-corrected chi connectivity index (χ4v) is 2.76. The normalized spacial score (nSPS) is 11.0. The van der Waals surface area contributed by atoms with Crippen LogP contribution in [-0.4, -0.2) is 19.2 Å². The fourth-order valence-electron chi connectivity index (χ4n) is 2.76. The lowest BCUT2D eigenvalue weighted by Crippen LogP contribution is -2.06. The van der Waals surface area contributed by atoms with Crippen molar-refractivity contribution in [3.05, 3.63) is 46.8 Å². The van der Waals surface area contributed by atoms with Crippen LogP contribution in [0.4, 0.5) is 0 Å². The van der Waals surface area contributed by atoms with Gasteiger partial charge in [-0.1, -0.05) is 0 Å². The second-order valence-corrected chi connectivity index (χ2v) is 5.20. The minimum Gasteiger partial charge on any atom is -0.392 e. The first-order valence-corrected chi connectivity index (χ1v) is 6.72. The second-order valence-electron chi connectivity index (χ2n) is 5.20. The Labute approximate surface area is 122 Å². The average molecular weight is 280 g/mol. The molecule has 5 heteroatoms. The van der Waals surface area contributed by atoms with Gasteiger partial charge >= 0.3 is 0 Å². The van der Waals surface area contributed by atoms with Crippen LogP contribution in [0.1, 0.15) is 22.5 Å². The van der Waals surface area contributed by atoms with Gasteiger partial charge in [-0.2, -0.15) is 5.26 Å². The molecule has 0 spiro atoms. The molecule has 0 fully saturated rings. The monoisotopic (exact) mass is 280 g/mol. The summed E-state index contributed by atoms with van der Waals surface area (Å²) >= 11 is 0. The van der Waals surface area contributed by atoms with E-state index in [0.29, 0.717) is 11.1 Å². The summed E-state index contributed by atoms with van der Waals surface area (Å²) in [7, 11) is 1.91. The summed E-state index contributed by atoms with van der Waals surface area (Å²) in [4.78, 5) is 4.66. The first kappa shape index (κ1) is 13.4. The van der Waals surface area contributed by atoms with Gasteiger partial charge in [-0.05, 0) is 43.7 Å². The summed E-state index contributed by atoms with van der Waals surface area (Å²) < 4.78 is 3.98. The first-order chi connectivity index (χ1) is 10.1. The second kappa shape index (κ2) is 4.76. The van der Waals surface area contributed by atoms with Gasteiger partial charge in [0.2, 0.25) is 5.95 Å². The minimum atomic E-state index is -0.0991. The summed E-state index contributed by atoms with van der Waals surface area (Å²) in [5.41, 5.74) is 4.92. The van der Waals surface area contributed by atoms with Crippen LogP contribution in [0.2, 0.25) is 0 Å². The van der Waals surface area contributed by atoms with Gasteiger partial charge in [-0.3, -0.25) is 4.57 Å². The highest BCUT2D eigenvalue weighted by atomic mass is 16.3. The molecule has 2 heterocycles. The highest BCUT2D eigenvalue weighted by Crippen LogP contribution is 2.25. The van der Waals surface area contributed by atoms with E-state index in [0.717, 1.165) is 28.4 Å². The van der Waals surface area contributed by atoms with Gasteiger partial charge in [0.15, 0.2) is 0 Å². The van der Waals surface area contributed by atoms with Crippen LogP contribution < -0.4 is 0 Å². The molecule has 0 bridgehead atoms. The van der Waals surface area contributed by atoms with Crippen LogP contribution in [0.25, 0.3) is 17.0 Å². The highest BCUT2D eigenvalue weighted by molar-refractivity contribution is 5.84. The molecular weight excluding hydrogens is 264 g/mol. The third-order valence-corrected chi connectivity index (χ3v) is 3.78. The number of hydrogen-bond acceptors (Lipinski definition) is 3. The summed E-state index contributed by atoms with van der Waals surface area (Å²) in [5, 5.41) is 18.7. The van der Waals surface area contributed by atoms with Crippen molar-refractivity contribution in [1.82, 2.24) is 14.1 Å². The van der Waals surface area contributed by atoms with E-state index in [1.165, 1.54) is 0 Å². The standard InChI is InChI=1S/C16H16N4O/c1-10-4-5-11(2)20(10)16-18-14-7-12(9-21)6-13(8-17)15(14)19(16)3/h4-7,21H,9H2,1-3H3. The lowest BCUT2D eigenvalue weighted by atomic mass is 10.1. The van der Waals surface area contributed by atoms with Crippen molar-refractivity contribution in [3.8, 4) is 12.0 Å². The van der Waals surface area contributed by atoms with Crippen LogP contribution in [0.5, 0.6) is 0 Å². The molecule has 1 aromatic carbocycles. The van der Waals surface area contributed by atoms with Crippen molar-refractivity contribution in [2.75, 3.05) is 0 Å². The predicted octanol–water partition coefficient (Wildman–Crippen LogP) is 2.34. The van der Waals surface area contributed by atoms with Gasteiger partial charge in [-0.25, -0.2) is 4.98 Å². The molecular formula is C16H16N4O. The van der Waals surface area contributed by atoms with Crippen LogP contribution in [-0.2, 0) is 13.7 Å². The van der Waals surface area contributed by atoms with Crippen molar-refractivity contribution in [2.24, 2.45) is 7.05 Å². The average Bonchev–Trinajstić information content (AvgIpc) is 2.98. The number of fused-ring (bicyclic) bond motifs is 1. The molecule has 0 unspecified atom stereocenters. The molecule has 0 saturated carbocycles. The molecule has 21 heavy (non-hydrogen) atoms. The van der Waals surface area contributed by atoms with E-state index in [1.54, 1.807) is 6.07 Å². The topological polar surface area (TPSA) is 66.8 Å². The quantitative estimate of drug-likeness (QED) is 0.783. The van der Waals surface area contributed by atoms with Crippen LogP contribution >= 0.6 is 0 Å². The lowest BCUT2D eigenvalue weighted by molar-refractivity contribution is 0.282. The van der Waals surface area contributed by atoms with Gasteiger partial charge in [0.25, 0.3) is 0 Å². The number of hydrogen-bond donors (Lipinski definition) is 1. The Balaban J connectivity index is 2.38. The van der Waals surface area contributed by atoms with Gasteiger partial charge in [0, 0.05) is 18.4 Å². The van der Waals surface area contributed by atoms with E-state index in [4.69, 9.17) is 0 Å². The number of nitriles is 1. The smallest absolute Gasteiger partial charge is 0.215 e. The maximum Gasteiger partial charge on any atom is 0.215 e. The molecule has 5 nitrogen and oxygen atoms in total. The molecule has 0 saturated heterocycles. The first-order valence-electron chi connectivity index (χ1n) is 6.72. The largest absolute Gasteiger partial charge is 0.392 e. The summed E-state index contributed by atoms with van der Waals surface area (Å²) in [6.45, 7) is 3.95. The molecule has 0 aliphatic heterocycles. The van der Waals surface area contributed by atoms with Crippen molar-refractivity contribution >= 4 is 11.0 Å². The molecule has 1 N–H and O–H groups in total. The van der Waals surface area contributed by atoms with Crippen molar-refractivity contribution in [1.29, 1.82) is 5.26 Å². The lowest BCUT2D eigenvalue weighted by Gasteiger charge is -2.09. The molecule has 2 aromatic heterocycles. The zero-order valence-corrected chi connectivity index (χ0v) is 12.3. The summed E-state index contributed by atoms with van der Waals surface area (Å²) in [5.74, 6) is 0.775. The van der Waals surface area contributed by atoms with E-state index in [1.807, 2.05) is 43.7 Å². The molecule has 0 radical (unpaired) electrons. The third kappa shape index (κ3) is 1.92. The number of aliphatic hydroxyl groups excluding tert-OH is 1. The van der Waals surface area contributed by atoms with E-state index in [2.05, 4.69) is 15.6 Å². The SMILES string of the molecule is Cc1ccc(C)n1-c1nc2cc(CO)cc(C#N)c2n1C. The third-order valence-electron chi connectivity index (χ3n) is 3.78. The molecule has 0 atom stereocenters. The van der Waals surface area contributed by atoms with E-state index in [-0.39, 0.29) is 6.61 Å². The Morgan fingerprint density at radius 2 is 1.90 bits per heavy atom. The predicted molar refractivity (Wildman–Crippen MR) is 80.2 cm³/mol. The number of aryl methyl sites for hydroxylation is 3. The highest BCUT2D eigenvalue weighted by Gasteiger charge is 2.16. The van der Waals surface area contributed by atoms with E-state index < -0.39 is 0 Å². The van der Waals surface area contributed by atoms with Gasteiger partial charge in [0.1, 0.15) is 6.07 Å². The summed E-state index contributed by atoms with van der Waals surface area (Å²) in [6, 6.07) is 9.81. The number of benzene rings is 1. The Kier molecular flexibility index (Phi) is 3.04. The Bertz CT molecular complexity index is 860. The van der Waals surface area contributed by atoms with Gasteiger partial charge in [-0.15, -0.1) is 0 Å². The molecule has 0 aliphatic rings. The maximum absolute atomic E-state index is 9.35. The molecule has 0 amide bonds. The Morgan fingerprint density at radius 3 is 2.48 bits per heavy atom. The Morgan fingerprint density at radius 1 is 1.24 bits per heavy atom. The number of aliphatic hydroxyl groups is 1. The van der Waals surface area contributed by atoms with Gasteiger partial charge in [0.05, 0.1) is 23.2 Å². The van der Waals surface area contributed by atoms with E-state index in [9.17, 15) is 10.4 Å². The number of rotatable bonds is 2. The fraction of sp³-hybridized carbons (Fsp3) is 0.250. The van der Waals surface area contributed by atoms with E-state index >= 15 is 0 Å².